The molecular formula is C13H17N3O. The molecule has 2 aromatic rings. The van der Waals surface area contributed by atoms with E-state index in [-0.39, 0.29) is 0 Å². The summed E-state index contributed by atoms with van der Waals surface area (Å²) in [6.07, 6.45) is 1.82. The Morgan fingerprint density at radius 3 is 2.65 bits per heavy atom. The Hall–Kier alpha value is -1.81. The van der Waals surface area contributed by atoms with E-state index in [0.29, 0.717) is 5.75 Å². The van der Waals surface area contributed by atoms with Gasteiger partial charge in [-0.2, -0.15) is 5.10 Å². The number of benzene rings is 1. The molecule has 17 heavy (non-hydrogen) atoms. The van der Waals surface area contributed by atoms with Crippen LogP contribution in [-0.2, 0) is 19.6 Å². The predicted molar refractivity (Wildman–Crippen MR) is 66.6 cm³/mol. The fourth-order valence-electron chi connectivity index (χ4n) is 1.74. The zero-order chi connectivity index (χ0) is 12.1. The van der Waals surface area contributed by atoms with Crippen molar-refractivity contribution in [2.24, 2.45) is 0 Å². The van der Waals surface area contributed by atoms with Crippen molar-refractivity contribution in [3.63, 3.8) is 0 Å². The highest BCUT2D eigenvalue weighted by molar-refractivity contribution is 5.25. The molecule has 0 atom stereocenters. The van der Waals surface area contributed by atoms with Crippen LogP contribution in [0.25, 0.3) is 0 Å². The average Bonchev–Trinajstić information content (AvgIpc) is 2.79. The average molecular weight is 231 g/mol. The van der Waals surface area contributed by atoms with Crippen molar-refractivity contribution in [2.75, 3.05) is 0 Å². The molecule has 0 unspecified atom stereocenters. The van der Waals surface area contributed by atoms with Gasteiger partial charge in [0.15, 0.2) is 0 Å². The Bertz CT molecular complexity index is 462. The van der Waals surface area contributed by atoms with E-state index < -0.39 is 0 Å². The summed E-state index contributed by atoms with van der Waals surface area (Å²) in [6.45, 7) is 4.56. The van der Waals surface area contributed by atoms with Gasteiger partial charge in [0, 0.05) is 25.8 Å². The second-order valence-corrected chi connectivity index (χ2v) is 3.91. The number of phenolic OH excluding ortho intramolecular Hbond substituents is 1. The summed E-state index contributed by atoms with van der Waals surface area (Å²) < 4.78 is 1.98. The normalized spacial score (nSPS) is 10.6. The molecule has 0 radical (unpaired) electrons. The number of rotatable bonds is 5. The first-order chi connectivity index (χ1) is 8.29. The van der Waals surface area contributed by atoms with Crippen molar-refractivity contribution in [3.05, 3.63) is 47.8 Å². The predicted octanol–water partition coefficient (Wildman–Crippen LogP) is 1.90. The lowest BCUT2D eigenvalue weighted by Crippen LogP contribution is -2.16. The quantitative estimate of drug-likeness (QED) is 0.826. The maximum absolute atomic E-state index is 9.17. The van der Waals surface area contributed by atoms with Gasteiger partial charge in [0.05, 0.1) is 5.69 Å². The van der Waals surface area contributed by atoms with Gasteiger partial charge < -0.3 is 10.4 Å². The third-order valence-corrected chi connectivity index (χ3v) is 2.68. The number of aromatic hydroxyl groups is 1. The van der Waals surface area contributed by atoms with Crippen molar-refractivity contribution in [1.82, 2.24) is 15.1 Å². The Kier molecular flexibility index (Phi) is 3.77. The van der Waals surface area contributed by atoms with Crippen LogP contribution in [0.4, 0.5) is 0 Å². The number of hydrogen-bond acceptors (Lipinski definition) is 3. The molecule has 0 saturated carbocycles. The smallest absolute Gasteiger partial charge is 0.115 e. The molecule has 1 aromatic heterocycles. The van der Waals surface area contributed by atoms with Crippen molar-refractivity contribution in [3.8, 4) is 5.75 Å². The van der Waals surface area contributed by atoms with E-state index in [1.165, 1.54) is 5.69 Å². The first kappa shape index (κ1) is 11.7. The Morgan fingerprint density at radius 1 is 1.18 bits per heavy atom. The number of phenols is 1. The molecule has 1 heterocycles. The largest absolute Gasteiger partial charge is 0.508 e. The van der Waals surface area contributed by atoms with Crippen LogP contribution in [0.1, 0.15) is 18.2 Å². The van der Waals surface area contributed by atoms with Crippen LogP contribution in [0.2, 0.25) is 0 Å². The molecule has 2 N–H and O–H groups in total. The Morgan fingerprint density at radius 2 is 1.94 bits per heavy atom. The molecule has 90 valence electrons. The monoisotopic (exact) mass is 231 g/mol. The highest BCUT2D eigenvalue weighted by atomic mass is 16.3. The Labute approximate surface area is 101 Å². The molecule has 4 heteroatoms. The van der Waals surface area contributed by atoms with E-state index in [9.17, 15) is 0 Å². The topological polar surface area (TPSA) is 50.1 Å². The van der Waals surface area contributed by atoms with E-state index >= 15 is 0 Å². The van der Waals surface area contributed by atoms with Crippen LogP contribution in [0.5, 0.6) is 5.75 Å². The van der Waals surface area contributed by atoms with Gasteiger partial charge in [-0.3, -0.25) is 4.68 Å². The van der Waals surface area contributed by atoms with E-state index in [0.717, 1.165) is 25.2 Å². The minimum atomic E-state index is 0.304. The molecule has 4 nitrogen and oxygen atoms in total. The lowest BCUT2D eigenvalue weighted by molar-refractivity contribution is 0.475. The molecule has 1 aromatic carbocycles. The van der Waals surface area contributed by atoms with Gasteiger partial charge in [0.2, 0.25) is 0 Å². The zero-order valence-corrected chi connectivity index (χ0v) is 9.93. The summed E-state index contributed by atoms with van der Waals surface area (Å²) in [6, 6.07) is 9.26. The summed E-state index contributed by atoms with van der Waals surface area (Å²) in [5.74, 6) is 0.304. The van der Waals surface area contributed by atoms with Gasteiger partial charge in [0.1, 0.15) is 5.75 Å². The molecule has 0 bridgehead atoms. The van der Waals surface area contributed by atoms with Crippen LogP contribution in [0, 0.1) is 0 Å². The first-order valence-electron chi connectivity index (χ1n) is 5.79. The molecule has 0 aliphatic heterocycles. The highest BCUT2D eigenvalue weighted by Crippen LogP contribution is 2.09. The number of hydrogen-bond donors (Lipinski definition) is 2. The van der Waals surface area contributed by atoms with Crippen molar-refractivity contribution < 1.29 is 5.11 Å². The van der Waals surface area contributed by atoms with Gasteiger partial charge in [-0.15, -0.1) is 0 Å². The summed E-state index contributed by atoms with van der Waals surface area (Å²) in [7, 11) is 0. The van der Waals surface area contributed by atoms with Crippen molar-refractivity contribution >= 4 is 0 Å². The van der Waals surface area contributed by atoms with Crippen LogP contribution < -0.4 is 5.32 Å². The minimum absolute atomic E-state index is 0.304. The number of aromatic nitrogens is 2. The van der Waals surface area contributed by atoms with E-state index in [2.05, 4.69) is 17.3 Å². The number of nitrogens with one attached hydrogen (secondary N) is 1. The van der Waals surface area contributed by atoms with E-state index in [1.54, 1.807) is 12.1 Å². The molecule has 0 aliphatic rings. The van der Waals surface area contributed by atoms with Crippen molar-refractivity contribution in [2.45, 2.75) is 26.6 Å². The molecule has 2 rings (SSSR count). The standard InChI is InChI=1S/C13H17N3O/c1-2-16-12(7-8-15-16)10-14-9-11-3-5-13(17)6-4-11/h3-8,14,17H,2,9-10H2,1H3. The highest BCUT2D eigenvalue weighted by Gasteiger charge is 1.99. The molecule has 0 saturated heterocycles. The molecule has 0 spiro atoms. The van der Waals surface area contributed by atoms with Crippen LogP contribution in [0.3, 0.4) is 0 Å². The van der Waals surface area contributed by atoms with Crippen molar-refractivity contribution in [1.29, 1.82) is 0 Å². The molecule has 0 fully saturated rings. The minimum Gasteiger partial charge on any atom is -0.508 e. The number of aryl methyl sites for hydroxylation is 1. The molecule has 0 amide bonds. The first-order valence-corrected chi connectivity index (χ1v) is 5.79. The fourth-order valence-corrected chi connectivity index (χ4v) is 1.74. The number of nitrogens with zero attached hydrogens (tertiary/aromatic N) is 2. The fraction of sp³-hybridized carbons (Fsp3) is 0.308. The van der Waals surface area contributed by atoms with Crippen LogP contribution >= 0.6 is 0 Å². The van der Waals surface area contributed by atoms with Gasteiger partial charge in [0.25, 0.3) is 0 Å². The summed E-state index contributed by atoms with van der Waals surface area (Å²) >= 11 is 0. The SMILES string of the molecule is CCn1nccc1CNCc1ccc(O)cc1. The van der Waals surface area contributed by atoms with E-state index in [1.807, 2.05) is 29.1 Å². The molecule has 0 aliphatic carbocycles. The van der Waals surface area contributed by atoms with E-state index in [4.69, 9.17) is 5.11 Å². The third-order valence-electron chi connectivity index (χ3n) is 2.68. The lowest BCUT2D eigenvalue weighted by atomic mass is 10.2. The summed E-state index contributed by atoms with van der Waals surface area (Å²) in [5, 5.41) is 16.7. The Balaban J connectivity index is 1.85. The summed E-state index contributed by atoms with van der Waals surface area (Å²) in [5.41, 5.74) is 2.34. The maximum atomic E-state index is 9.17. The second kappa shape index (κ2) is 5.50. The van der Waals surface area contributed by atoms with Gasteiger partial charge in [-0.1, -0.05) is 12.1 Å². The second-order valence-electron chi connectivity index (χ2n) is 3.91. The van der Waals surface area contributed by atoms with Crippen LogP contribution in [0.15, 0.2) is 36.5 Å². The van der Waals surface area contributed by atoms with Gasteiger partial charge >= 0.3 is 0 Å². The van der Waals surface area contributed by atoms with Crippen LogP contribution in [-0.4, -0.2) is 14.9 Å². The zero-order valence-electron chi connectivity index (χ0n) is 9.93. The van der Waals surface area contributed by atoms with Gasteiger partial charge in [-0.05, 0) is 30.7 Å². The summed E-state index contributed by atoms with van der Waals surface area (Å²) in [4.78, 5) is 0. The molecular weight excluding hydrogens is 214 g/mol. The third kappa shape index (κ3) is 3.07. The lowest BCUT2D eigenvalue weighted by Gasteiger charge is -2.07. The van der Waals surface area contributed by atoms with Gasteiger partial charge in [-0.25, -0.2) is 0 Å². The maximum Gasteiger partial charge on any atom is 0.115 e.